The van der Waals surface area contributed by atoms with Gasteiger partial charge >= 0.3 is 29.6 Å². The molecule has 0 radical (unpaired) electrons. The van der Waals surface area contributed by atoms with Crippen LogP contribution in [0.25, 0.3) is 0 Å². The normalized spacial score (nSPS) is 4.78. The van der Waals surface area contributed by atoms with E-state index in [4.69, 9.17) is 10.2 Å². The van der Waals surface area contributed by atoms with Crippen LogP contribution in [0.4, 0.5) is 0 Å². The van der Waals surface area contributed by atoms with E-state index in [1.54, 1.807) is 6.08 Å². The molecule has 0 aromatic rings. The molecular formula is C5H12ClNaO2. The van der Waals surface area contributed by atoms with Crippen LogP contribution in [0, 0.1) is 0 Å². The number of aliphatic hydroxyl groups is 2. The second kappa shape index (κ2) is 36.3. The molecule has 0 aliphatic heterocycles. The van der Waals surface area contributed by atoms with Crippen molar-refractivity contribution in [2.24, 2.45) is 0 Å². The first-order valence-electron chi connectivity index (χ1n) is 2.12. The fourth-order valence-corrected chi connectivity index (χ4v) is 0. The van der Waals surface area contributed by atoms with Crippen molar-refractivity contribution in [3.63, 3.8) is 0 Å². The summed E-state index contributed by atoms with van der Waals surface area (Å²) in [5.41, 5.74) is 0. The summed E-state index contributed by atoms with van der Waals surface area (Å²) < 4.78 is 0. The molecule has 0 aromatic heterocycles. The molecule has 0 unspecified atom stereocenters. The van der Waals surface area contributed by atoms with Crippen molar-refractivity contribution in [3.8, 4) is 0 Å². The van der Waals surface area contributed by atoms with Gasteiger partial charge in [-0.2, -0.15) is 0 Å². The summed E-state index contributed by atoms with van der Waals surface area (Å²) in [4.78, 5) is 0. The molecule has 0 aliphatic rings. The second-order valence-corrected chi connectivity index (χ2v) is 0.855. The molecule has 0 saturated carbocycles. The van der Waals surface area contributed by atoms with Gasteiger partial charge in [0.05, 0.1) is 13.2 Å². The average Bonchev–Trinajstić information content (AvgIpc) is 1.69. The summed E-state index contributed by atoms with van der Waals surface area (Å²) in [5, 5.41) is 15.2. The number of allylic oxidation sites excluding steroid dienone is 1. The minimum Gasteiger partial charge on any atom is -1.00 e. The van der Waals surface area contributed by atoms with E-state index in [9.17, 15) is 0 Å². The van der Waals surface area contributed by atoms with Crippen LogP contribution < -0.4 is 42.0 Å². The maximum Gasteiger partial charge on any atom is 1.00 e. The minimum atomic E-state index is -0.125. The third-order valence-corrected chi connectivity index (χ3v) is 0.1000. The first-order valence-corrected chi connectivity index (χ1v) is 2.12. The van der Waals surface area contributed by atoms with Crippen LogP contribution in [-0.4, -0.2) is 23.4 Å². The third-order valence-electron chi connectivity index (χ3n) is 0.1000. The van der Waals surface area contributed by atoms with Crippen molar-refractivity contribution in [1.29, 1.82) is 0 Å². The summed E-state index contributed by atoms with van der Waals surface area (Å²) in [6.45, 7) is 5.00. The maximum atomic E-state index is 7.62. The van der Waals surface area contributed by atoms with Gasteiger partial charge in [-0.3, -0.25) is 0 Å². The topological polar surface area (TPSA) is 40.5 Å². The third kappa shape index (κ3) is 114. The zero-order chi connectivity index (χ0) is 6.12. The van der Waals surface area contributed by atoms with Gasteiger partial charge in [0.1, 0.15) is 0 Å². The molecule has 0 fully saturated rings. The van der Waals surface area contributed by atoms with Crippen LogP contribution in [-0.2, 0) is 0 Å². The van der Waals surface area contributed by atoms with Crippen LogP contribution in [0.5, 0.6) is 0 Å². The molecule has 2 nitrogen and oxygen atoms in total. The first-order chi connectivity index (χ1) is 3.33. The molecule has 4 heteroatoms. The van der Waals surface area contributed by atoms with E-state index in [0.29, 0.717) is 0 Å². The van der Waals surface area contributed by atoms with Crippen LogP contribution in [0.1, 0.15) is 6.92 Å². The van der Waals surface area contributed by atoms with Crippen molar-refractivity contribution < 1.29 is 52.2 Å². The van der Waals surface area contributed by atoms with E-state index < -0.39 is 0 Å². The predicted molar refractivity (Wildman–Crippen MR) is 30.0 cm³/mol. The smallest absolute Gasteiger partial charge is 1.00 e. The molecule has 0 atom stereocenters. The minimum absolute atomic E-state index is 0. The fourth-order valence-electron chi connectivity index (χ4n) is 0. The van der Waals surface area contributed by atoms with Gasteiger partial charge in [0.15, 0.2) is 0 Å². The van der Waals surface area contributed by atoms with E-state index in [1.807, 2.05) is 6.92 Å². The van der Waals surface area contributed by atoms with E-state index in [1.165, 1.54) is 0 Å². The van der Waals surface area contributed by atoms with Gasteiger partial charge in [-0.25, -0.2) is 0 Å². The van der Waals surface area contributed by atoms with Gasteiger partial charge in [0, 0.05) is 0 Å². The standard InChI is InChI=1S/C3H6.C2H6O2.ClH.Na/c1-3-2;3-1-2-4;;/h3H,1H2,2H3;3-4H,1-2H2;1H;/q;;;+1/p-1. The summed E-state index contributed by atoms with van der Waals surface area (Å²) in [6, 6.07) is 0. The Morgan fingerprint density at radius 1 is 1.33 bits per heavy atom. The predicted octanol–water partition coefficient (Wildman–Crippen LogP) is -5.83. The number of rotatable bonds is 1. The molecule has 0 heterocycles. The van der Waals surface area contributed by atoms with Crippen LogP contribution in [0.15, 0.2) is 12.7 Å². The maximum absolute atomic E-state index is 7.62. The Balaban J connectivity index is -0.0000000233. The van der Waals surface area contributed by atoms with Crippen molar-refractivity contribution in [2.45, 2.75) is 6.92 Å². The molecule has 0 aliphatic carbocycles. The summed E-state index contributed by atoms with van der Waals surface area (Å²) in [7, 11) is 0. The van der Waals surface area contributed by atoms with Gasteiger partial charge < -0.3 is 22.6 Å². The molecule has 0 saturated heterocycles. The van der Waals surface area contributed by atoms with Crippen LogP contribution in [0.3, 0.4) is 0 Å². The Hall–Kier alpha value is 0.950. The molecule has 0 amide bonds. The quantitative estimate of drug-likeness (QED) is 0.298. The molecule has 2 N–H and O–H groups in total. The number of hydrogen-bond donors (Lipinski definition) is 2. The molecule has 0 bridgehead atoms. The zero-order valence-corrected chi connectivity index (χ0v) is 8.73. The van der Waals surface area contributed by atoms with Gasteiger partial charge in [-0.05, 0) is 6.92 Å². The van der Waals surface area contributed by atoms with Gasteiger partial charge in [-0.1, -0.05) is 6.08 Å². The van der Waals surface area contributed by atoms with Crippen molar-refractivity contribution in [3.05, 3.63) is 12.7 Å². The summed E-state index contributed by atoms with van der Waals surface area (Å²) in [6.07, 6.45) is 1.75. The van der Waals surface area contributed by atoms with E-state index in [2.05, 4.69) is 6.58 Å². The zero-order valence-electron chi connectivity index (χ0n) is 5.97. The summed E-state index contributed by atoms with van der Waals surface area (Å²) in [5.74, 6) is 0. The molecule has 52 valence electrons. The molecule has 9 heavy (non-hydrogen) atoms. The number of hydrogen-bond acceptors (Lipinski definition) is 2. The van der Waals surface area contributed by atoms with E-state index >= 15 is 0 Å². The monoisotopic (exact) mass is 162 g/mol. The Morgan fingerprint density at radius 3 is 1.44 bits per heavy atom. The molecule has 0 rings (SSSR count). The number of aliphatic hydroxyl groups excluding tert-OH is 2. The van der Waals surface area contributed by atoms with Crippen molar-refractivity contribution >= 4 is 0 Å². The first kappa shape index (κ1) is 22.5. The Bertz CT molecular complexity index is 34.1. The van der Waals surface area contributed by atoms with Crippen LogP contribution in [0.2, 0.25) is 0 Å². The average molecular weight is 163 g/mol. The Kier molecular flexibility index (Phi) is 90.7. The Morgan fingerprint density at radius 2 is 1.44 bits per heavy atom. The van der Waals surface area contributed by atoms with Crippen molar-refractivity contribution in [2.75, 3.05) is 13.2 Å². The van der Waals surface area contributed by atoms with E-state index in [-0.39, 0.29) is 55.2 Å². The van der Waals surface area contributed by atoms with E-state index in [0.717, 1.165) is 0 Å². The SMILES string of the molecule is C=CC.OCCO.[Cl-].[Na+]. The Labute approximate surface area is 84.7 Å². The van der Waals surface area contributed by atoms with Gasteiger partial charge in [-0.15, -0.1) is 6.58 Å². The summed E-state index contributed by atoms with van der Waals surface area (Å²) >= 11 is 0. The molecular weight excluding hydrogens is 150 g/mol. The molecule has 0 spiro atoms. The molecule has 0 aromatic carbocycles. The van der Waals surface area contributed by atoms with Crippen molar-refractivity contribution in [1.82, 2.24) is 0 Å². The largest absolute Gasteiger partial charge is 1.00 e. The second-order valence-electron chi connectivity index (χ2n) is 0.855. The number of halogens is 1. The van der Waals surface area contributed by atoms with Gasteiger partial charge in [0.2, 0.25) is 0 Å². The van der Waals surface area contributed by atoms with Crippen LogP contribution >= 0.6 is 0 Å². The van der Waals surface area contributed by atoms with Gasteiger partial charge in [0.25, 0.3) is 0 Å². The fraction of sp³-hybridized carbons (Fsp3) is 0.600.